The van der Waals surface area contributed by atoms with Gasteiger partial charge < -0.3 is 4.42 Å². The average Bonchev–Trinajstić information content (AvgIpc) is 2.35. The van der Waals surface area contributed by atoms with Crippen LogP contribution in [0.3, 0.4) is 0 Å². The van der Waals surface area contributed by atoms with Crippen LogP contribution in [-0.4, -0.2) is 0 Å². The van der Waals surface area contributed by atoms with Gasteiger partial charge in [0, 0.05) is 10.6 Å². The molecule has 0 unspecified atom stereocenters. The minimum atomic E-state index is -0.0124. The van der Waals surface area contributed by atoms with Gasteiger partial charge in [0.2, 0.25) is 5.43 Å². The molecule has 2 nitrogen and oxygen atoms in total. The van der Waals surface area contributed by atoms with Crippen molar-refractivity contribution < 1.29 is 4.42 Å². The van der Waals surface area contributed by atoms with E-state index < -0.39 is 0 Å². The second-order valence-corrected chi connectivity index (χ2v) is 4.38. The second kappa shape index (κ2) is 3.60. The first-order chi connectivity index (χ1) is 8.18. The lowest BCUT2D eigenvalue weighted by atomic mass is 10.1. The topological polar surface area (TPSA) is 30.2 Å². The summed E-state index contributed by atoms with van der Waals surface area (Å²) in [7, 11) is 0. The van der Waals surface area contributed by atoms with Crippen molar-refractivity contribution in [2.45, 2.75) is 6.92 Å². The third-order valence-electron chi connectivity index (χ3n) is 2.93. The fraction of sp³-hybridized carbons (Fsp3) is 0.0714. The number of halogens is 1. The van der Waals surface area contributed by atoms with Crippen molar-refractivity contribution in [2.24, 2.45) is 0 Å². The van der Waals surface area contributed by atoms with Crippen molar-refractivity contribution >= 4 is 33.5 Å². The zero-order valence-corrected chi connectivity index (χ0v) is 9.91. The van der Waals surface area contributed by atoms with Crippen LogP contribution in [0.2, 0.25) is 5.02 Å². The van der Waals surface area contributed by atoms with Gasteiger partial charge in [0.15, 0.2) is 0 Å². The Labute approximate surface area is 102 Å². The van der Waals surface area contributed by atoms with Crippen molar-refractivity contribution in [3.63, 3.8) is 0 Å². The van der Waals surface area contributed by atoms with E-state index in [2.05, 4.69) is 0 Å². The largest absolute Gasteiger partial charge is 0.455 e. The maximum atomic E-state index is 12.2. The summed E-state index contributed by atoms with van der Waals surface area (Å²) in [6.45, 7) is 1.85. The Morgan fingerprint density at radius 2 is 1.82 bits per heavy atom. The summed E-state index contributed by atoms with van der Waals surface area (Å²) in [4.78, 5) is 12.2. The smallest absolute Gasteiger partial charge is 0.200 e. The van der Waals surface area contributed by atoms with E-state index in [1.54, 1.807) is 24.3 Å². The Morgan fingerprint density at radius 3 is 2.65 bits per heavy atom. The molecule has 0 aliphatic rings. The average molecular weight is 245 g/mol. The molecular weight excluding hydrogens is 236 g/mol. The number of para-hydroxylation sites is 1. The van der Waals surface area contributed by atoms with Crippen molar-refractivity contribution in [2.75, 3.05) is 0 Å². The van der Waals surface area contributed by atoms with E-state index in [1.165, 1.54) is 0 Å². The standard InChI is InChI=1S/C14H9ClO2/c1-8-11(15)7-6-10-13(16)9-4-2-3-5-12(9)17-14(8)10/h2-7H,1H3. The number of aryl methyl sites for hydroxylation is 1. The summed E-state index contributed by atoms with van der Waals surface area (Å²) < 4.78 is 5.75. The van der Waals surface area contributed by atoms with Crippen LogP contribution in [0.15, 0.2) is 45.6 Å². The van der Waals surface area contributed by atoms with E-state index in [1.807, 2.05) is 19.1 Å². The van der Waals surface area contributed by atoms with Crippen LogP contribution in [0.5, 0.6) is 0 Å². The maximum Gasteiger partial charge on any atom is 0.200 e. The molecule has 0 aliphatic heterocycles. The molecule has 2 aromatic carbocycles. The molecule has 0 atom stereocenters. The van der Waals surface area contributed by atoms with Gasteiger partial charge in [-0.1, -0.05) is 23.7 Å². The van der Waals surface area contributed by atoms with Crippen LogP contribution < -0.4 is 5.43 Å². The predicted octanol–water partition coefficient (Wildman–Crippen LogP) is 3.91. The monoisotopic (exact) mass is 244 g/mol. The van der Waals surface area contributed by atoms with Gasteiger partial charge in [0.05, 0.1) is 10.8 Å². The normalized spacial score (nSPS) is 11.2. The molecule has 3 heteroatoms. The second-order valence-electron chi connectivity index (χ2n) is 3.98. The van der Waals surface area contributed by atoms with E-state index in [4.69, 9.17) is 16.0 Å². The van der Waals surface area contributed by atoms with Gasteiger partial charge in [-0.25, -0.2) is 0 Å². The molecule has 0 bridgehead atoms. The first-order valence-electron chi connectivity index (χ1n) is 5.29. The summed E-state index contributed by atoms with van der Waals surface area (Å²) in [5.74, 6) is 0. The molecule has 3 aromatic rings. The molecule has 0 radical (unpaired) electrons. The molecule has 3 rings (SSSR count). The highest BCUT2D eigenvalue weighted by Crippen LogP contribution is 2.26. The van der Waals surface area contributed by atoms with Crippen LogP contribution in [-0.2, 0) is 0 Å². The van der Waals surface area contributed by atoms with E-state index in [-0.39, 0.29) is 5.43 Å². The molecule has 0 saturated heterocycles. The zero-order chi connectivity index (χ0) is 12.0. The van der Waals surface area contributed by atoms with Gasteiger partial charge in [-0.05, 0) is 31.2 Å². The van der Waals surface area contributed by atoms with Crippen molar-refractivity contribution in [3.8, 4) is 0 Å². The minimum Gasteiger partial charge on any atom is -0.455 e. The molecular formula is C14H9ClO2. The Kier molecular flexibility index (Phi) is 2.20. The summed E-state index contributed by atoms with van der Waals surface area (Å²) >= 11 is 6.03. The maximum absolute atomic E-state index is 12.2. The highest BCUT2D eigenvalue weighted by atomic mass is 35.5. The third-order valence-corrected chi connectivity index (χ3v) is 3.34. The summed E-state index contributed by atoms with van der Waals surface area (Å²) in [6.07, 6.45) is 0. The third kappa shape index (κ3) is 1.45. The predicted molar refractivity (Wildman–Crippen MR) is 69.7 cm³/mol. The Bertz CT molecular complexity index is 787. The lowest BCUT2D eigenvalue weighted by Crippen LogP contribution is -2.02. The first-order valence-corrected chi connectivity index (χ1v) is 5.67. The molecule has 1 heterocycles. The van der Waals surface area contributed by atoms with Crippen LogP contribution in [0.4, 0.5) is 0 Å². The minimum absolute atomic E-state index is 0.0124. The lowest BCUT2D eigenvalue weighted by Gasteiger charge is -2.04. The molecule has 1 aromatic heterocycles. The summed E-state index contributed by atoms with van der Waals surface area (Å²) in [5, 5.41) is 1.78. The first kappa shape index (κ1) is 10.4. The van der Waals surface area contributed by atoms with Gasteiger partial charge in [-0.3, -0.25) is 4.79 Å². The van der Waals surface area contributed by atoms with Crippen LogP contribution >= 0.6 is 11.6 Å². The number of rotatable bonds is 0. The number of hydrogen-bond donors (Lipinski definition) is 0. The number of hydrogen-bond acceptors (Lipinski definition) is 2. The highest BCUT2D eigenvalue weighted by molar-refractivity contribution is 6.32. The Morgan fingerprint density at radius 1 is 1.06 bits per heavy atom. The molecule has 0 aliphatic carbocycles. The van der Waals surface area contributed by atoms with E-state index >= 15 is 0 Å². The van der Waals surface area contributed by atoms with E-state index in [0.717, 1.165) is 5.56 Å². The van der Waals surface area contributed by atoms with Crippen LogP contribution in [0.1, 0.15) is 5.56 Å². The fourth-order valence-corrected chi connectivity index (χ4v) is 2.13. The number of benzene rings is 2. The molecule has 17 heavy (non-hydrogen) atoms. The van der Waals surface area contributed by atoms with Gasteiger partial charge in [-0.15, -0.1) is 0 Å². The van der Waals surface area contributed by atoms with Gasteiger partial charge in [0.25, 0.3) is 0 Å². The van der Waals surface area contributed by atoms with E-state index in [9.17, 15) is 4.79 Å². The van der Waals surface area contributed by atoms with Crippen LogP contribution in [0.25, 0.3) is 21.9 Å². The zero-order valence-electron chi connectivity index (χ0n) is 9.16. The highest BCUT2D eigenvalue weighted by Gasteiger charge is 2.10. The fourth-order valence-electron chi connectivity index (χ4n) is 1.98. The molecule has 84 valence electrons. The SMILES string of the molecule is Cc1c(Cl)ccc2c(=O)c3ccccc3oc12. The van der Waals surface area contributed by atoms with Crippen LogP contribution in [0, 0.1) is 6.92 Å². The summed E-state index contributed by atoms with van der Waals surface area (Å²) in [6, 6.07) is 10.7. The molecule has 0 saturated carbocycles. The lowest BCUT2D eigenvalue weighted by molar-refractivity contribution is 0.657. The van der Waals surface area contributed by atoms with Crippen molar-refractivity contribution in [3.05, 3.63) is 57.2 Å². The van der Waals surface area contributed by atoms with E-state index in [0.29, 0.717) is 27.0 Å². The van der Waals surface area contributed by atoms with Gasteiger partial charge in [0.1, 0.15) is 11.2 Å². The quantitative estimate of drug-likeness (QED) is 0.561. The number of fused-ring (bicyclic) bond motifs is 2. The van der Waals surface area contributed by atoms with Gasteiger partial charge in [-0.2, -0.15) is 0 Å². The Hall–Kier alpha value is -1.80. The molecule has 0 N–H and O–H groups in total. The Balaban J connectivity index is 2.64. The van der Waals surface area contributed by atoms with Crippen molar-refractivity contribution in [1.29, 1.82) is 0 Å². The molecule has 0 spiro atoms. The van der Waals surface area contributed by atoms with Crippen molar-refractivity contribution in [1.82, 2.24) is 0 Å². The van der Waals surface area contributed by atoms with Gasteiger partial charge >= 0.3 is 0 Å². The molecule has 0 fully saturated rings. The summed E-state index contributed by atoms with van der Waals surface area (Å²) in [5.41, 5.74) is 1.95. The molecule has 0 amide bonds.